The van der Waals surface area contributed by atoms with Crippen LogP contribution in [0.5, 0.6) is 5.75 Å². The Labute approximate surface area is 214 Å². The van der Waals surface area contributed by atoms with Crippen LogP contribution < -0.4 is 10.3 Å². The Morgan fingerprint density at radius 3 is 2.64 bits per heavy atom. The lowest BCUT2D eigenvalue weighted by atomic mass is 10.1. The van der Waals surface area contributed by atoms with E-state index >= 15 is 0 Å². The number of hydrogen-bond acceptors (Lipinski definition) is 7. The van der Waals surface area contributed by atoms with Crippen LogP contribution >= 0.6 is 15.9 Å². The van der Waals surface area contributed by atoms with Crippen LogP contribution in [0, 0.1) is 17.1 Å². The van der Waals surface area contributed by atoms with Gasteiger partial charge in [-0.2, -0.15) is 5.26 Å². The second-order valence-electron chi connectivity index (χ2n) is 9.43. The third-order valence-electron chi connectivity index (χ3n) is 5.68. The molecule has 2 aromatic carbocycles. The van der Waals surface area contributed by atoms with E-state index < -0.39 is 35.2 Å². The van der Waals surface area contributed by atoms with Gasteiger partial charge in [-0.3, -0.25) is 14.3 Å². The van der Waals surface area contributed by atoms with Crippen molar-refractivity contribution in [2.24, 2.45) is 0 Å². The number of carbonyl (C=O) groups excluding carboxylic acids is 1. The molecule has 0 aliphatic carbocycles. The number of aliphatic hydroxyl groups is 1. The summed E-state index contributed by atoms with van der Waals surface area (Å²) in [5, 5.41) is 20.0. The number of hydrogen-bond donors (Lipinski definition) is 1. The summed E-state index contributed by atoms with van der Waals surface area (Å²) in [5.41, 5.74) is -0.707. The molecular formula is C25H24BrFN4O5. The van der Waals surface area contributed by atoms with Gasteiger partial charge in [0.2, 0.25) is 0 Å². The third-order valence-corrected chi connectivity index (χ3v) is 6.28. The quantitative estimate of drug-likeness (QED) is 0.511. The molecule has 4 rings (SSSR count). The number of carbonyl (C=O) groups is 1. The lowest BCUT2D eigenvalue weighted by Gasteiger charge is -2.29. The van der Waals surface area contributed by atoms with E-state index in [4.69, 9.17) is 14.5 Å². The third kappa shape index (κ3) is 4.79. The molecule has 2 atom stereocenters. The highest BCUT2D eigenvalue weighted by Crippen LogP contribution is 2.35. The van der Waals surface area contributed by atoms with Crippen molar-refractivity contribution in [2.45, 2.75) is 44.9 Å². The SMILES string of the molecule is COc1ccc(-n2c([C@@H]3C[C@@H](O)CN3C(=O)OC(C)(C)C)nc3c(Br)cc(C#N)cc3c2=O)cc1F. The highest BCUT2D eigenvalue weighted by Gasteiger charge is 2.40. The van der Waals surface area contributed by atoms with Crippen molar-refractivity contribution in [3.8, 4) is 17.5 Å². The summed E-state index contributed by atoms with van der Waals surface area (Å²) < 4.78 is 26.8. The molecule has 2 heterocycles. The van der Waals surface area contributed by atoms with Crippen LogP contribution in [0.4, 0.5) is 9.18 Å². The van der Waals surface area contributed by atoms with Crippen LogP contribution in [0.25, 0.3) is 16.6 Å². The number of aromatic nitrogens is 2. The summed E-state index contributed by atoms with van der Waals surface area (Å²) in [6, 6.07) is 8.10. The van der Waals surface area contributed by atoms with Gasteiger partial charge in [0.15, 0.2) is 11.6 Å². The zero-order valence-corrected chi connectivity index (χ0v) is 21.7. The van der Waals surface area contributed by atoms with Crippen LogP contribution in [0.15, 0.2) is 39.6 Å². The molecule has 0 unspecified atom stereocenters. The number of ether oxygens (including phenoxy) is 2. The number of benzene rings is 2. The predicted molar refractivity (Wildman–Crippen MR) is 133 cm³/mol. The van der Waals surface area contributed by atoms with E-state index in [9.17, 15) is 24.3 Å². The van der Waals surface area contributed by atoms with E-state index in [2.05, 4.69) is 15.9 Å². The fourth-order valence-electron chi connectivity index (χ4n) is 4.18. The van der Waals surface area contributed by atoms with Crippen LogP contribution in [0.3, 0.4) is 0 Å². The maximum Gasteiger partial charge on any atom is 0.411 e. The molecule has 1 aliphatic heterocycles. The van der Waals surface area contributed by atoms with Gasteiger partial charge < -0.3 is 14.6 Å². The number of nitrogens with zero attached hydrogens (tertiary/aromatic N) is 4. The number of rotatable bonds is 3. The lowest BCUT2D eigenvalue weighted by molar-refractivity contribution is 0.0199. The van der Waals surface area contributed by atoms with Gasteiger partial charge >= 0.3 is 6.09 Å². The topological polar surface area (TPSA) is 118 Å². The van der Waals surface area contributed by atoms with E-state index in [1.165, 1.54) is 40.8 Å². The minimum atomic E-state index is -0.888. The minimum Gasteiger partial charge on any atom is -0.494 e. The van der Waals surface area contributed by atoms with Crippen molar-refractivity contribution in [1.82, 2.24) is 14.5 Å². The summed E-state index contributed by atoms with van der Waals surface area (Å²) in [5.74, 6) is -0.594. The summed E-state index contributed by atoms with van der Waals surface area (Å²) in [6.45, 7) is 5.14. The molecule has 3 aromatic rings. The average molecular weight is 559 g/mol. The van der Waals surface area contributed by atoms with E-state index in [0.29, 0.717) is 4.47 Å². The smallest absolute Gasteiger partial charge is 0.411 e. The predicted octanol–water partition coefficient (Wildman–Crippen LogP) is 4.21. The molecule has 1 saturated heterocycles. The van der Waals surface area contributed by atoms with E-state index in [0.717, 1.165) is 6.07 Å². The molecule has 1 fully saturated rings. The van der Waals surface area contributed by atoms with E-state index in [-0.39, 0.29) is 46.7 Å². The maximum atomic E-state index is 14.7. The highest BCUT2D eigenvalue weighted by molar-refractivity contribution is 9.10. The van der Waals surface area contributed by atoms with Gasteiger partial charge in [-0.25, -0.2) is 14.2 Å². The molecule has 1 N–H and O–H groups in total. The van der Waals surface area contributed by atoms with Gasteiger partial charge in [0.25, 0.3) is 5.56 Å². The number of aliphatic hydroxyl groups excluding tert-OH is 1. The summed E-state index contributed by atoms with van der Waals surface area (Å²) in [4.78, 5) is 32.9. The van der Waals surface area contributed by atoms with E-state index in [1.807, 2.05) is 6.07 Å². The van der Waals surface area contributed by atoms with Crippen molar-refractivity contribution < 1.29 is 23.8 Å². The van der Waals surface area contributed by atoms with Gasteiger partial charge in [-0.05, 0) is 61.0 Å². The van der Waals surface area contributed by atoms with Gasteiger partial charge in [-0.15, -0.1) is 0 Å². The van der Waals surface area contributed by atoms with Crippen LogP contribution in [0.2, 0.25) is 0 Å². The Bertz CT molecular complexity index is 1460. The lowest BCUT2D eigenvalue weighted by Crippen LogP contribution is -2.39. The van der Waals surface area contributed by atoms with Gasteiger partial charge in [0, 0.05) is 17.0 Å². The summed E-state index contributed by atoms with van der Waals surface area (Å²) >= 11 is 3.38. The van der Waals surface area contributed by atoms with Crippen LogP contribution in [0.1, 0.15) is 44.6 Å². The molecule has 11 heteroatoms. The molecule has 0 radical (unpaired) electrons. The Morgan fingerprint density at radius 2 is 2.03 bits per heavy atom. The molecule has 0 bridgehead atoms. The normalized spacial score (nSPS) is 17.8. The van der Waals surface area contributed by atoms with Gasteiger partial charge in [0.05, 0.1) is 54.0 Å². The molecule has 36 heavy (non-hydrogen) atoms. The number of amides is 1. The Kier molecular flexibility index (Phi) is 6.77. The first-order valence-electron chi connectivity index (χ1n) is 11.1. The fourth-order valence-corrected chi connectivity index (χ4v) is 4.73. The zero-order chi connectivity index (χ0) is 26.4. The van der Waals surface area contributed by atoms with Gasteiger partial charge in [0.1, 0.15) is 11.4 Å². The molecule has 1 aromatic heterocycles. The van der Waals surface area contributed by atoms with E-state index in [1.54, 1.807) is 20.8 Å². The molecular weight excluding hydrogens is 535 g/mol. The fraction of sp³-hybridized carbons (Fsp3) is 0.360. The second-order valence-corrected chi connectivity index (χ2v) is 10.3. The molecule has 0 spiro atoms. The summed E-state index contributed by atoms with van der Waals surface area (Å²) in [7, 11) is 1.33. The first-order chi connectivity index (χ1) is 16.9. The number of methoxy groups -OCH3 is 1. The van der Waals surface area contributed by atoms with Crippen molar-refractivity contribution in [2.75, 3.05) is 13.7 Å². The maximum absolute atomic E-state index is 14.7. The van der Waals surface area contributed by atoms with Crippen molar-refractivity contribution >= 4 is 32.9 Å². The molecule has 9 nitrogen and oxygen atoms in total. The monoisotopic (exact) mass is 558 g/mol. The molecule has 0 saturated carbocycles. The second kappa shape index (κ2) is 9.52. The average Bonchev–Trinajstić information content (AvgIpc) is 3.20. The largest absolute Gasteiger partial charge is 0.494 e. The number of nitriles is 1. The first kappa shape index (κ1) is 25.6. The van der Waals surface area contributed by atoms with Gasteiger partial charge in [-0.1, -0.05) is 0 Å². The van der Waals surface area contributed by atoms with Crippen molar-refractivity contribution in [3.63, 3.8) is 0 Å². The van der Waals surface area contributed by atoms with Crippen LogP contribution in [-0.4, -0.2) is 51.0 Å². The van der Waals surface area contributed by atoms with Crippen LogP contribution in [-0.2, 0) is 4.74 Å². The Hall–Kier alpha value is -3.49. The number of fused-ring (bicyclic) bond motifs is 1. The summed E-state index contributed by atoms with van der Waals surface area (Å²) in [6.07, 6.45) is -1.48. The Balaban J connectivity index is 2.00. The highest BCUT2D eigenvalue weighted by atomic mass is 79.9. The first-order valence-corrected chi connectivity index (χ1v) is 11.9. The Morgan fingerprint density at radius 1 is 1.31 bits per heavy atom. The number of β-amino-alcohol motifs (C(OH)–C–C–N with tert-alkyl or cyclic N) is 1. The minimum absolute atomic E-state index is 0.0109. The molecule has 1 amide bonds. The standard InChI is InChI=1S/C25H24BrFN4O5/c1-25(2,3)36-24(34)30-12-15(32)10-19(30)22-29-21-16(7-13(11-28)8-17(21)26)23(33)31(22)14-5-6-20(35-4)18(27)9-14/h5-9,15,19,32H,10,12H2,1-4H3/t15-,19+/m1/s1. The molecule has 1 aliphatic rings. The number of halogens is 2. The molecule has 188 valence electrons. The van der Waals surface area contributed by atoms with Crippen molar-refractivity contribution in [3.05, 3.63) is 62.4 Å². The van der Waals surface area contributed by atoms with Crippen molar-refractivity contribution in [1.29, 1.82) is 5.26 Å². The number of likely N-dealkylation sites (tertiary alicyclic amines) is 1. The zero-order valence-electron chi connectivity index (χ0n) is 20.1.